The van der Waals surface area contributed by atoms with E-state index in [1.807, 2.05) is 20.3 Å². The number of rotatable bonds is 7. The molecule has 1 aliphatic carbocycles. The van der Waals surface area contributed by atoms with Crippen molar-refractivity contribution in [2.24, 2.45) is 7.05 Å². The molecule has 1 amide bonds. The first kappa shape index (κ1) is 23.1. The van der Waals surface area contributed by atoms with Crippen LogP contribution in [0.3, 0.4) is 0 Å². The summed E-state index contributed by atoms with van der Waals surface area (Å²) < 4.78 is 2.07. The lowest BCUT2D eigenvalue weighted by molar-refractivity contribution is -0.122. The Hall–Kier alpha value is -3.11. The van der Waals surface area contributed by atoms with E-state index in [0.29, 0.717) is 19.5 Å². The minimum atomic E-state index is -0.299. The zero-order valence-electron chi connectivity index (χ0n) is 20.3. The van der Waals surface area contributed by atoms with Crippen LogP contribution in [-0.2, 0) is 18.3 Å². The van der Waals surface area contributed by atoms with Crippen molar-refractivity contribution < 1.29 is 6.22 Å². The molecule has 7 nitrogen and oxygen atoms in total. The van der Waals surface area contributed by atoms with Crippen molar-refractivity contribution in [1.82, 2.24) is 19.8 Å². The Morgan fingerprint density at radius 3 is 2.85 bits per heavy atom. The predicted molar refractivity (Wildman–Crippen MR) is 133 cm³/mol. The molecular formula is C26H36N6O. The van der Waals surface area contributed by atoms with Gasteiger partial charge in [0.25, 0.3) is 0 Å². The molecule has 2 heterocycles. The van der Waals surface area contributed by atoms with Crippen molar-refractivity contribution in [1.29, 1.82) is 5.26 Å². The molecule has 33 heavy (non-hydrogen) atoms. The van der Waals surface area contributed by atoms with E-state index in [-0.39, 0.29) is 25.0 Å². The molecule has 1 aliphatic heterocycles. The maximum atomic E-state index is 11.6. The number of nitrogens with zero attached hydrogens (tertiary/aromatic N) is 5. The number of hydrogen-bond donors (Lipinski definition) is 1. The van der Waals surface area contributed by atoms with Gasteiger partial charge in [0.15, 0.2) is 0 Å². The second-order valence-electron chi connectivity index (χ2n) is 9.44. The van der Waals surface area contributed by atoms with Crippen LogP contribution in [0, 0.1) is 11.3 Å². The molecule has 2 aliphatic rings. The van der Waals surface area contributed by atoms with Crippen molar-refractivity contribution in [2.45, 2.75) is 57.7 Å². The molecule has 7 heteroatoms. The lowest BCUT2D eigenvalue weighted by atomic mass is 9.90. The summed E-state index contributed by atoms with van der Waals surface area (Å²) in [6.45, 7) is 7.70. The first-order chi connectivity index (χ1) is 15.8. The number of nitriles is 1. The molecule has 2 atom stereocenters. The number of imidazole rings is 1. The molecule has 2 aromatic rings. The zero-order valence-corrected chi connectivity index (χ0v) is 20.3. The van der Waals surface area contributed by atoms with Gasteiger partial charge in [-0.25, -0.2) is 4.98 Å². The third-order valence-corrected chi connectivity index (χ3v) is 7.18. The summed E-state index contributed by atoms with van der Waals surface area (Å²) in [6, 6.07) is 8.74. The number of anilines is 1. The maximum Gasteiger partial charge on any atom is 0.220 e. The molecule has 1 N–H and O–H groups in total. The fourth-order valence-electron chi connectivity index (χ4n) is 4.85. The van der Waals surface area contributed by atoms with Crippen LogP contribution in [0.2, 0.25) is 0 Å². The van der Waals surface area contributed by atoms with E-state index in [1.165, 1.54) is 11.3 Å². The molecule has 1 aromatic heterocycles. The van der Waals surface area contributed by atoms with Crippen LogP contribution in [0.4, 0.5) is 5.69 Å². The standard InChI is InChI=1S/C26H34N6O.H2/c1-6-18-12-19(24(14-27)32-15-20(16-32)29-25(33)7-2)8-9-22(18)31(5)26(3)11-10-21-23(13-26)30(4)17-28-21;/h8-10,12-13,17,20,24H,6-7,11,15-16H2,1-5H3,(H,29,33);1H. The van der Waals surface area contributed by atoms with E-state index in [9.17, 15) is 10.1 Å². The van der Waals surface area contributed by atoms with Gasteiger partial charge in [0.1, 0.15) is 6.04 Å². The highest BCUT2D eigenvalue weighted by molar-refractivity contribution is 5.76. The van der Waals surface area contributed by atoms with Gasteiger partial charge in [-0.3, -0.25) is 9.69 Å². The maximum absolute atomic E-state index is 11.6. The summed E-state index contributed by atoms with van der Waals surface area (Å²) in [7, 11) is 4.18. The Morgan fingerprint density at radius 1 is 1.42 bits per heavy atom. The van der Waals surface area contributed by atoms with E-state index < -0.39 is 0 Å². The first-order valence-electron chi connectivity index (χ1n) is 11.8. The molecule has 0 spiro atoms. The molecule has 1 fully saturated rings. The molecular weight excluding hydrogens is 412 g/mol. The van der Waals surface area contributed by atoms with Gasteiger partial charge >= 0.3 is 0 Å². The van der Waals surface area contributed by atoms with E-state index in [4.69, 9.17) is 0 Å². The van der Waals surface area contributed by atoms with Crippen LogP contribution in [0.5, 0.6) is 0 Å². The number of likely N-dealkylation sites (tertiary alicyclic amines) is 1. The number of aromatic nitrogens is 2. The lowest BCUT2D eigenvalue weighted by Crippen LogP contribution is -2.59. The smallest absolute Gasteiger partial charge is 0.220 e. The Kier molecular flexibility index (Phi) is 6.31. The zero-order chi connectivity index (χ0) is 23.8. The van der Waals surface area contributed by atoms with Crippen molar-refractivity contribution >= 4 is 23.7 Å². The Balaban J connectivity index is 0.00000324. The van der Waals surface area contributed by atoms with E-state index >= 15 is 0 Å². The first-order valence-corrected chi connectivity index (χ1v) is 11.8. The summed E-state index contributed by atoms with van der Waals surface area (Å²) in [4.78, 5) is 20.6. The largest absolute Gasteiger partial charge is 0.365 e. The second kappa shape index (κ2) is 9.03. The molecule has 4 rings (SSSR count). The number of amides is 1. The highest BCUT2D eigenvalue weighted by Gasteiger charge is 2.35. The number of fused-ring (bicyclic) bond motifs is 1. The number of benzene rings is 1. The molecule has 0 saturated carbocycles. The van der Waals surface area contributed by atoms with Gasteiger partial charge in [-0.1, -0.05) is 32.1 Å². The molecule has 2 unspecified atom stereocenters. The highest BCUT2D eigenvalue weighted by Crippen LogP contribution is 2.34. The number of hydrogen-bond acceptors (Lipinski definition) is 5. The monoisotopic (exact) mass is 448 g/mol. The van der Waals surface area contributed by atoms with E-state index in [2.05, 4.69) is 82.0 Å². The quantitative estimate of drug-likeness (QED) is 0.700. The minimum Gasteiger partial charge on any atom is -0.365 e. The number of aryl methyl sites for hydroxylation is 2. The fourth-order valence-corrected chi connectivity index (χ4v) is 4.85. The van der Waals surface area contributed by atoms with Crippen molar-refractivity contribution in [3.63, 3.8) is 0 Å². The lowest BCUT2D eigenvalue weighted by Gasteiger charge is -2.42. The molecule has 0 radical (unpaired) electrons. The fraction of sp³-hybridized carbons (Fsp3) is 0.500. The van der Waals surface area contributed by atoms with Gasteiger partial charge in [0.05, 0.1) is 34.7 Å². The van der Waals surface area contributed by atoms with E-state index in [1.54, 1.807) is 0 Å². The summed E-state index contributed by atoms with van der Waals surface area (Å²) in [5, 5.41) is 15.1. The normalized spacial score (nSPS) is 21.1. The minimum absolute atomic E-state index is 0. The average molecular weight is 449 g/mol. The average Bonchev–Trinajstić information content (AvgIpc) is 3.16. The third-order valence-electron chi connectivity index (χ3n) is 7.18. The molecule has 1 aromatic carbocycles. The SMILES string of the molecule is CCC(=O)NC1CN(C(C#N)c2ccc(N(C)C3(C)C=c4c(ncn4C)=CC3)c(CC)c2)C1.[HH]. The van der Waals surface area contributed by atoms with Crippen LogP contribution in [0.25, 0.3) is 12.2 Å². The highest BCUT2D eigenvalue weighted by atomic mass is 16.1. The van der Waals surface area contributed by atoms with Crippen LogP contribution in [0.1, 0.15) is 52.2 Å². The van der Waals surface area contributed by atoms with E-state index in [0.717, 1.165) is 29.1 Å². The van der Waals surface area contributed by atoms with Gasteiger partial charge in [0, 0.05) is 40.7 Å². The molecule has 176 valence electrons. The number of carbonyl (C=O) groups excluding carboxylic acids is 1. The number of nitrogens with one attached hydrogen (secondary N) is 1. The van der Waals surface area contributed by atoms with Crippen molar-refractivity contribution in [2.75, 3.05) is 25.0 Å². The summed E-state index contributed by atoms with van der Waals surface area (Å²) >= 11 is 0. The Bertz CT molecular complexity index is 1210. The van der Waals surface area contributed by atoms with Gasteiger partial charge in [-0.2, -0.15) is 5.26 Å². The molecule has 1 saturated heterocycles. The van der Waals surface area contributed by atoms with Crippen molar-refractivity contribution in [3.8, 4) is 6.07 Å². The third kappa shape index (κ3) is 4.28. The van der Waals surface area contributed by atoms with Crippen LogP contribution in [0.15, 0.2) is 24.5 Å². The predicted octanol–water partition coefficient (Wildman–Crippen LogP) is 1.86. The summed E-state index contributed by atoms with van der Waals surface area (Å²) in [6.07, 6.45) is 8.66. The topological polar surface area (TPSA) is 77.2 Å². The van der Waals surface area contributed by atoms with Crippen LogP contribution >= 0.6 is 0 Å². The summed E-state index contributed by atoms with van der Waals surface area (Å²) in [5.74, 6) is 0.0670. The van der Waals surface area contributed by atoms with Crippen LogP contribution < -0.4 is 20.9 Å². The van der Waals surface area contributed by atoms with Crippen LogP contribution in [-0.4, -0.2) is 52.1 Å². The molecule has 0 bridgehead atoms. The Labute approximate surface area is 197 Å². The van der Waals surface area contributed by atoms with Gasteiger partial charge < -0.3 is 14.8 Å². The summed E-state index contributed by atoms with van der Waals surface area (Å²) in [5.41, 5.74) is 3.28. The van der Waals surface area contributed by atoms with Gasteiger partial charge in [-0.15, -0.1) is 0 Å². The van der Waals surface area contributed by atoms with Gasteiger partial charge in [0.2, 0.25) is 5.91 Å². The Morgan fingerprint density at radius 2 is 2.18 bits per heavy atom. The van der Waals surface area contributed by atoms with Crippen molar-refractivity contribution in [3.05, 3.63) is 46.4 Å². The second-order valence-corrected chi connectivity index (χ2v) is 9.44. The number of carbonyl (C=O) groups is 1. The van der Waals surface area contributed by atoms with Gasteiger partial charge in [-0.05, 0) is 43.0 Å².